The lowest BCUT2D eigenvalue weighted by Crippen LogP contribution is -2.41. The van der Waals surface area contributed by atoms with Gasteiger partial charge in [0.05, 0.1) is 6.61 Å². The Balaban J connectivity index is 0. The van der Waals surface area contributed by atoms with Crippen molar-refractivity contribution in [1.29, 1.82) is 0 Å². The minimum absolute atomic E-state index is 0. The second-order valence-corrected chi connectivity index (χ2v) is 1.88. The number of esters is 1. The second-order valence-electron chi connectivity index (χ2n) is 1.88. The van der Waals surface area contributed by atoms with E-state index in [-0.39, 0.29) is 24.4 Å². The predicted molar refractivity (Wildman–Crippen MR) is 45.3 cm³/mol. The molecule has 0 saturated carbocycles. The minimum Gasteiger partial charge on any atom is -0.465 e. The average Bonchev–Trinajstić information content (AvgIpc) is 1.91. The highest BCUT2D eigenvalue weighted by molar-refractivity contribution is 5.85. The van der Waals surface area contributed by atoms with Gasteiger partial charge in [-0.3, -0.25) is 10.6 Å². The summed E-state index contributed by atoms with van der Waals surface area (Å²) < 4.78 is 4.70. The minimum atomic E-state index is -0.361. The van der Waals surface area contributed by atoms with Crippen molar-refractivity contribution in [3.8, 4) is 0 Å². The van der Waals surface area contributed by atoms with E-state index in [4.69, 9.17) is 10.6 Å². The molecule has 0 heterocycles. The first-order valence-corrected chi connectivity index (χ1v) is 3.39. The Hall–Kier alpha value is -0.320. The molecule has 0 saturated heterocycles. The third kappa shape index (κ3) is 5.01. The number of hydrogen-bond acceptors (Lipinski definition) is 4. The number of carbonyl (C=O) groups excluding carboxylic acids is 1. The molecule has 0 aliphatic rings. The summed E-state index contributed by atoms with van der Waals surface area (Å²) in [6.45, 7) is 4.03. The summed E-state index contributed by atoms with van der Waals surface area (Å²) in [5, 5.41) is 0. The first kappa shape index (κ1) is 13.3. The van der Waals surface area contributed by atoms with E-state index >= 15 is 0 Å². The number of hydrazine groups is 1. The van der Waals surface area contributed by atoms with Crippen molar-refractivity contribution in [1.82, 2.24) is 5.43 Å². The molecule has 0 rings (SSSR count). The lowest BCUT2D eigenvalue weighted by Gasteiger charge is -2.10. The highest BCUT2D eigenvalue weighted by Crippen LogP contribution is 1.91. The number of nitrogens with two attached hydrogens (primary N) is 1. The SMILES string of the molecule is CCOC(=O)C(CC)NN.Cl. The van der Waals surface area contributed by atoms with Gasteiger partial charge in [-0.15, -0.1) is 12.4 Å². The van der Waals surface area contributed by atoms with Crippen LogP contribution in [0.1, 0.15) is 20.3 Å². The van der Waals surface area contributed by atoms with Crippen molar-refractivity contribution in [3.05, 3.63) is 0 Å². The third-order valence-electron chi connectivity index (χ3n) is 1.18. The van der Waals surface area contributed by atoms with E-state index in [9.17, 15) is 4.79 Å². The van der Waals surface area contributed by atoms with E-state index < -0.39 is 0 Å². The number of ether oxygens (including phenoxy) is 1. The van der Waals surface area contributed by atoms with Crippen LogP contribution < -0.4 is 11.3 Å². The quantitative estimate of drug-likeness (QED) is 0.371. The molecule has 0 aliphatic heterocycles. The van der Waals surface area contributed by atoms with Gasteiger partial charge in [0.1, 0.15) is 6.04 Å². The van der Waals surface area contributed by atoms with Crippen LogP contribution in [0.15, 0.2) is 0 Å². The van der Waals surface area contributed by atoms with E-state index in [1.54, 1.807) is 6.92 Å². The summed E-state index contributed by atoms with van der Waals surface area (Å²) in [4.78, 5) is 10.8. The largest absolute Gasteiger partial charge is 0.465 e. The van der Waals surface area contributed by atoms with Gasteiger partial charge in [0, 0.05) is 0 Å². The Labute approximate surface area is 72.9 Å². The molecule has 0 aromatic carbocycles. The molecule has 5 heteroatoms. The van der Waals surface area contributed by atoms with Crippen molar-refractivity contribution in [2.24, 2.45) is 5.84 Å². The van der Waals surface area contributed by atoms with Crippen LogP contribution in [0.4, 0.5) is 0 Å². The number of rotatable bonds is 4. The van der Waals surface area contributed by atoms with Gasteiger partial charge >= 0.3 is 5.97 Å². The van der Waals surface area contributed by atoms with Gasteiger partial charge in [-0.2, -0.15) is 0 Å². The normalized spacial score (nSPS) is 11.5. The van der Waals surface area contributed by atoms with Crippen molar-refractivity contribution < 1.29 is 9.53 Å². The Morgan fingerprint density at radius 3 is 2.45 bits per heavy atom. The Bertz CT molecular complexity index is 107. The molecular formula is C6H15ClN2O2. The first-order chi connectivity index (χ1) is 4.76. The Kier molecular flexibility index (Phi) is 9.40. The van der Waals surface area contributed by atoms with Crippen molar-refractivity contribution in [2.45, 2.75) is 26.3 Å². The van der Waals surface area contributed by atoms with Gasteiger partial charge in [0.2, 0.25) is 0 Å². The number of nitrogens with one attached hydrogen (secondary N) is 1. The molecular weight excluding hydrogens is 168 g/mol. The van der Waals surface area contributed by atoms with Crippen LogP contribution in [0.3, 0.4) is 0 Å². The summed E-state index contributed by atoms with van der Waals surface area (Å²) in [6.07, 6.45) is 0.648. The molecule has 0 radical (unpaired) electrons. The molecule has 11 heavy (non-hydrogen) atoms. The fraction of sp³-hybridized carbons (Fsp3) is 0.833. The van der Waals surface area contributed by atoms with Crippen LogP contribution in [0.5, 0.6) is 0 Å². The molecule has 1 unspecified atom stereocenters. The molecule has 0 fully saturated rings. The Morgan fingerprint density at radius 2 is 2.18 bits per heavy atom. The zero-order valence-electron chi connectivity index (χ0n) is 6.79. The maximum Gasteiger partial charge on any atom is 0.324 e. The molecule has 0 spiro atoms. The number of halogens is 1. The monoisotopic (exact) mass is 182 g/mol. The molecule has 0 bridgehead atoms. The van der Waals surface area contributed by atoms with Crippen LogP contribution in [-0.2, 0) is 9.53 Å². The fourth-order valence-electron chi connectivity index (χ4n) is 0.595. The zero-order valence-corrected chi connectivity index (χ0v) is 7.61. The molecule has 4 nitrogen and oxygen atoms in total. The molecule has 68 valence electrons. The summed E-state index contributed by atoms with van der Waals surface area (Å²) in [6, 6.07) is -0.361. The fourth-order valence-corrected chi connectivity index (χ4v) is 0.595. The topological polar surface area (TPSA) is 64.3 Å². The standard InChI is InChI=1S/C6H14N2O2.ClH/c1-3-5(8-7)6(9)10-4-2;/h5,8H,3-4,7H2,1-2H3;1H. The Morgan fingerprint density at radius 1 is 1.64 bits per heavy atom. The van der Waals surface area contributed by atoms with Gasteiger partial charge in [0.25, 0.3) is 0 Å². The lowest BCUT2D eigenvalue weighted by atomic mass is 10.2. The van der Waals surface area contributed by atoms with Gasteiger partial charge in [0.15, 0.2) is 0 Å². The summed E-state index contributed by atoms with van der Waals surface area (Å²) >= 11 is 0. The van der Waals surface area contributed by atoms with E-state index in [0.717, 1.165) is 0 Å². The van der Waals surface area contributed by atoms with Crippen LogP contribution in [0, 0.1) is 0 Å². The molecule has 0 aromatic rings. The summed E-state index contributed by atoms with van der Waals surface area (Å²) in [5.41, 5.74) is 2.36. The van der Waals surface area contributed by atoms with E-state index in [0.29, 0.717) is 13.0 Å². The van der Waals surface area contributed by atoms with Gasteiger partial charge in [-0.25, -0.2) is 5.43 Å². The average molecular weight is 183 g/mol. The van der Waals surface area contributed by atoms with Crippen molar-refractivity contribution in [2.75, 3.05) is 6.61 Å². The van der Waals surface area contributed by atoms with E-state index in [2.05, 4.69) is 5.43 Å². The maximum atomic E-state index is 10.8. The lowest BCUT2D eigenvalue weighted by molar-refractivity contribution is -0.145. The smallest absolute Gasteiger partial charge is 0.324 e. The van der Waals surface area contributed by atoms with E-state index in [1.807, 2.05) is 6.92 Å². The van der Waals surface area contributed by atoms with Crippen molar-refractivity contribution in [3.63, 3.8) is 0 Å². The summed E-state index contributed by atoms with van der Waals surface area (Å²) in [5.74, 6) is 4.78. The molecule has 1 atom stereocenters. The molecule has 0 amide bonds. The summed E-state index contributed by atoms with van der Waals surface area (Å²) in [7, 11) is 0. The molecule has 0 aliphatic carbocycles. The first-order valence-electron chi connectivity index (χ1n) is 3.39. The van der Waals surface area contributed by atoms with Crippen LogP contribution in [0.25, 0.3) is 0 Å². The molecule has 0 aromatic heterocycles. The number of carbonyl (C=O) groups is 1. The van der Waals surface area contributed by atoms with E-state index in [1.165, 1.54) is 0 Å². The predicted octanol–water partition coefficient (Wildman–Crippen LogP) is 0.213. The highest BCUT2D eigenvalue weighted by atomic mass is 35.5. The van der Waals surface area contributed by atoms with Gasteiger partial charge < -0.3 is 4.74 Å². The van der Waals surface area contributed by atoms with Crippen molar-refractivity contribution >= 4 is 18.4 Å². The number of hydrogen-bond donors (Lipinski definition) is 2. The third-order valence-corrected chi connectivity index (χ3v) is 1.18. The zero-order chi connectivity index (χ0) is 7.98. The van der Waals surface area contributed by atoms with Gasteiger partial charge in [-0.1, -0.05) is 6.92 Å². The molecule has 3 N–H and O–H groups in total. The van der Waals surface area contributed by atoms with Crippen LogP contribution in [0.2, 0.25) is 0 Å². The second kappa shape index (κ2) is 7.78. The maximum absolute atomic E-state index is 10.8. The van der Waals surface area contributed by atoms with Crippen LogP contribution >= 0.6 is 12.4 Å². The van der Waals surface area contributed by atoms with Gasteiger partial charge in [-0.05, 0) is 13.3 Å². The van der Waals surface area contributed by atoms with Crippen LogP contribution in [-0.4, -0.2) is 18.6 Å². The highest BCUT2D eigenvalue weighted by Gasteiger charge is 2.14.